The molecule has 2 aromatic heterocycles. The number of fused-ring (bicyclic) bond motifs is 1. The molecule has 1 aliphatic rings. The third-order valence-electron chi connectivity index (χ3n) is 5.34. The SMILES string of the molecule is CSCCNc1nc(SCCC(F)(F)F)nc2c1ncn2[C@H]1CC[C@@H](COP(=O)(O)OP(=O)(O)C(Cl)(Cl)P(=O)(O)O)O1. The lowest BCUT2D eigenvalue weighted by Crippen LogP contribution is -2.18. The molecule has 3 heterocycles. The number of aromatic nitrogens is 4. The summed E-state index contributed by atoms with van der Waals surface area (Å²) in [5.41, 5.74) is 0.593. The molecule has 1 aliphatic heterocycles. The lowest BCUT2D eigenvalue weighted by atomic mass is 10.2. The zero-order valence-electron chi connectivity index (χ0n) is 21.3. The van der Waals surface area contributed by atoms with Gasteiger partial charge in [-0.3, -0.25) is 18.2 Å². The summed E-state index contributed by atoms with van der Waals surface area (Å²) in [6, 6.07) is 0. The van der Waals surface area contributed by atoms with Crippen molar-refractivity contribution in [3.63, 3.8) is 0 Å². The Morgan fingerprint density at radius 2 is 1.86 bits per heavy atom. The van der Waals surface area contributed by atoms with E-state index in [1.807, 2.05) is 6.26 Å². The van der Waals surface area contributed by atoms with E-state index in [9.17, 15) is 36.7 Å². The highest BCUT2D eigenvalue weighted by Crippen LogP contribution is 2.79. The standard InChI is InChI=1S/C17H25Cl2F3N5O10P3S2/c1-41-7-5-23-13-12-14(26-15(25-13)42-6-4-16(20,21)22)27(9-24-12)11-3-2-10(36-11)8-35-40(33,34)37-39(31,32)17(18,19)38(28,29)30/h9-11H,2-8H2,1H3,(H,31,32)(H,33,34)(H,23,25,26)(H2,28,29,30)/t10-,11+/m0/s1. The Bertz CT molecular complexity index is 1400. The van der Waals surface area contributed by atoms with Gasteiger partial charge in [0.25, 0.3) is 0 Å². The number of anilines is 1. The second-order valence-electron chi connectivity index (χ2n) is 8.52. The summed E-state index contributed by atoms with van der Waals surface area (Å²) in [6.07, 6.45) is -3.19. The molecule has 0 spiro atoms. The van der Waals surface area contributed by atoms with Gasteiger partial charge >= 0.3 is 33.0 Å². The number of phosphoric acid groups is 1. The Morgan fingerprint density at radius 3 is 2.48 bits per heavy atom. The first-order valence-corrected chi connectivity index (χ1v) is 19.4. The van der Waals surface area contributed by atoms with Gasteiger partial charge in [0.05, 0.1) is 25.5 Å². The predicted octanol–water partition coefficient (Wildman–Crippen LogP) is 4.91. The van der Waals surface area contributed by atoms with Crippen molar-refractivity contribution in [3.05, 3.63) is 6.33 Å². The van der Waals surface area contributed by atoms with Gasteiger partial charge in [0, 0.05) is 18.1 Å². The lowest BCUT2D eigenvalue weighted by molar-refractivity contribution is -0.129. The van der Waals surface area contributed by atoms with Gasteiger partial charge in [-0.05, 0) is 19.1 Å². The zero-order chi connectivity index (χ0) is 31.6. The first-order chi connectivity index (χ1) is 19.3. The number of rotatable bonds is 15. The number of phosphoric ester groups is 1. The normalized spacial score (nSPS) is 21.4. The molecule has 0 saturated carbocycles. The number of halogens is 5. The van der Waals surface area contributed by atoms with Crippen molar-refractivity contribution < 1.29 is 60.0 Å². The fourth-order valence-electron chi connectivity index (χ4n) is 3.39. The van der Waals surface area contributed by atoms with Gasteiger partial charge < -0.3 is 29.6 Å². The fraction of sp³-hybridized carbons (Fsp3) is 0.706. The van der Waals surface area contributed by atoms with Crippen LogP contribution in [0.5, 0.6) is 0 Å². The van der Waals surface area contributed by atoms with Gasteiger partial charge in [-0.1, -0.05) is 35.0 Å². The quantitative estimate of drug-likeness (QED) is 0.0539. The number of hydrogen-bond donors (Lipinski definition) is 5. The molecule has 0 amide bonds. The maximum Gasteiger partial charge on any atom is 0.479 e. The summed E-state index contributed by atoms with van der Waals surface area (Å²) < 4.78 is 85.9. The molecule has 0 aliphatic carbocycles. The number of ether oxygens (including phenoxy) is 1. The fourth-order valence-corrected chi connectivity index (χ4v) is 8.78. The first-order valence-electron chi connectivity index (χ1n) is 11.5. The molecular weight excluding hydrogens is 719 g/mol. The average molecular weight is 744 g/mol. The van der Waals surface area contributed by atoms with E-state index in [-0.39, 0.29) is 23.0 Å². The second kappa shape index (κ2) is 14.1. The summed E-state index contributed by atoms with van der Waals surface area (Å²) in [7, 11) is -17.0. The lowest BCUT2D eigenvalue weighted by Gasteiger charge is -2.26. The van der Waals surface area contributed by atoms with E-state index in [0.717, 1.165) is 17.5 Å². The van der Waals surface area contributed by atoms with Gasteiger partial charge in [0.1, 0.15) is 6.23 Å². The molecule has 0 radical (unpaired) electrons. The van der Waals surface area contributed by atoms with E-state index in [1.165, 1.54) is 10.9 Å². The van der Waals surface area contributed by atoms with Crippen molar-refractivity contribution in [2.24, 2.45) is 0 Å². The highest BCUT2D eigenvalue weighted by molar-refractivity contribution is 7.99. The Morgan fingerprint density at radius 1 is 1.17 bits per heavy atom. The van der Waals surface area contributed by atoms with Crippen LogP contribution in [-0.4, -0.2) is 86.1 Å². The molecule has 4 atom stereocenters. The number of hydrogen-bond acceptors (Lipinski definition) is 12. The van der Waals surface area contributed by atoms with E-state index in [4.69, 9.17) is 37.7 Å². The first kappa shape index (κ1) is 36.3. The molecule has 1 saturated heterocycles. The van der Waals surface area contributed by atoms with E-state index in [0.29, 0.717) is 24.3 Å². The van der Waals surface area contributed by atoms with Gasteiger partial charge in [0.2, 0.25) is 0 Å². The van der Waals surface area contributed by atoms with Gasteiger partial charge in [0.15, 0.2) is 22.1 Å². The maximum atomic E-state index is 12.6. The Balaban J connectivity index is 1.72. The van der Waals surface area contributed by atoms with Crippen molar-refractivity contribution in [3.8, 4) is 0 Å². The van der Waals surface area contributed by atoms with Crippen molar-refractivity contribution in [2.45, 2.75) is 46.7 Å². The monoisotopic (exact) mass is 743 g/mol. The Kier molecular flexibility index (Phi) is 12.2. The summed E-state index contributed by atoms with van der Waals surface area (Å²) in [6.45, 7) is -0.168. The van der Waals surface area contributed by atoms with E-state index in [1.54, 1.807) is 11.8 Å². The van der Waals surface area contributed by atoms with Crippen molar-refractivity contribution in [1.82, 2.24) is 19.5 Å². The summed E-state index contributed by atoms with van der Waals surface area (Å²) >= 11 is 12.9. The van der Waals surface area contributed by atoms with Gasteiger partial charge in [-0.2, -0.15) is 24.9 Å². The number of thioether (sulfide) groups is 2. The highest BCUT2D eigenvalue weighted by Gasteiger charge is 2.62. The van der Waals surface area contributed by atoms with Crippen LogP contribution in [0.1, 0.15) is 25.5 Å². The molecule has 2 unspecified atom stereocenters. The third kappa shape index (κ3) is 9.42. The van der Waals surface area contributed by atoms with Gasteiger partial charge in [-0.15, -0.1) is 0 Å². The van der Waals surface area contributed by atoms with Crippen LogP contribution in [-0.2, 0) is 27.3 Å². The van der Waals surface area contributed by atoms with Gasteiger partial charge in [-0.25, -0.2) is 23.8 Å². The Labute approximate surface area is 254 Å². The molecule has 42 heavy (non-hydrogen) atoms. The minimum absolute atomic E-state index is 0.0785. The molecule has 2 aromatic rings. The van der Waals surface area contributed by atoms with Crippen LogP contribution < -0.4 is 5.32 Å². The van der Waals surface area contributed by atoms with E-state index in [2.05, 4.69) is 29.1 Å². The highest BCUT2D eigenvalue weighted by atomic mass is 35.5. The summed E-state index contributed by atoms with van der Waals surface area (Å²) in [5, 5.41) is 3.17. The topological polar surface area (TPSA) is 215 Å². The molecule has 25 heteroatoms. The van der Waals surface area contributed by atoms with Crippen LogP contribution in [0.4, 0.5) is 19.0 Å². The van der Waals surface area contributed by atoms with Crippen LogP contribution >= 0.6 is 69.7 Å². The predicted molar refractivity (Wildman–Crippen MR) is 150 cm³/mol. The number of imidazole rings is 1. The molecule has 240 valence electrons. The molecule has 3 rings (SSSR count). The zero-order valence-corrected chi connectivity index (χ0v) is 27.1. The third-order valence-corrected chi connectivity index (χ3v) is 14.5. The van der Waals surface area contributed by atoms with Crippen molar-refractivity contribution in [2.75, 3.05) is 36.2 Å². The summed E-state index contributed by atoms with van der Waals surface area (Å²) in [5.74, 6) is 0.729. The molecule has 5 N–H and O–H groups in total. The van der Waals surface area contributed by atoms with Crippen LogP contribution in [0.2, 0.25) is 0 Å². The van der Waals surface area contributed by atoms with Crippen molar-refractivity contribution >= 4 is 86.7 Å². The van der Waals surface area contributed by atoms with Crippen LogP contribution in [0.3, 0.4) is 0 Å². The van der Waals surface area contributed by atoms with Crippen LogP contribution in [0.15, 0.2) is 11.5 Å². The van der Waals surface area contributed by atoms with E-state index >= 15 is 0 Å². The number of nitrogens with zero attached hydrogens (tertiary/aromatic N) is 4. The smallest absolute Gasteiger partial charge is 0.367 e. The largest absolute Gasteiger partial charge is 0.479 e. The minimum atomic E-state index is -5.83. The summed E-state index contributed by atoms with van der Waals surface area (Å²) in [4.78, 5) is 50.7. The van der Waals surface area contributed by atoms with Crippen LogP contribution in [0, 0.1) is 0 Å². The molecule has 0 bridgehead atoms. The Hall–Kier alpha value is -0.170. The van der Waals surface area contributed by atoms with E-state index < -0.39 is 58.4 Å². The average Bonchev–Trinajstić information content (AvgIpc) is 3.48. The minimum Gasteiger partial charge on any atom is -0.367 e. The number of alkyl halides is 5. The number of nitrogens with one attached hydrogen (secondary N) is 1. The second-order valence-corrected chi connectivity index (χ2v) is 18.6. The molecule has 15 nitrogen and oxygen atoms in total. The molecule has 1 fully saturated rings. The molecule has 0 aromatic carbocycles. The molecular formula is C17H25Cl2F3N5O10P3S2. The van der Waals surface area contributed by atoms with Crippen molar-refractivity contribution in [1.29, 1.82) is 0 Å². The van der Waals surface area contributed by atoms with Crippen LogP contribution in [0.25, 0.3) is 11.2 Å². The maximum absolute atomic E-state index is 12.6.